The smallest absolute Gasteiger partial charge is 0 e. The van der Waals surface area contributed by atoms with Crippen LogP contribution in [0.1, 0.15) is 18.5 Å². The van der Waals surface area contributed by atoms with E-state index in [1.54, 1.807) is 0 Å². The van der Waals surface area contributed by atoms with Gasteiger partial charge in [-0.25, -0.2) is 12.1 Å². The minimum Gasteiger partial charge on any atom is -0.747 e. The number of halogens is 2. The fraction of sp³-hybridized carbons (Fsp3) is 0.286. The zero-order valence-electron chi connectivity index (χ0n) is 10.7. The SMILES string of the molecule is C[C@H]([c-]1cccc1I)N(C)C.I[c-]1[cH-][cH-][cH-][cH-]1.[Fe]. The van der Waals surface area contributed by atoms with E-state index in [2.05, 4.69) is 101 Å². The van der Waals surface area contributed by atoms with Gasteiger partial charge in [-0.15, -0.1) is 9.13 Å². The van der Waals surface area contributed by atoms with Gasteiger partial charge >= 0.3 is 0 Å². The zero-order valence-corrected chi connectivity index (χ0v) is 16.1. The van der Waals surface area contributed by atoms with E-state index >= 15 is 0 Å². The van der Waals surface area contributed by atoms with Crippen LogP contribution >= 0.6 is 45.2 Å². The first-order valence-corrected chi connectivity index (χ1v) is 7.63. The zero-order chi connectivity index (χ0) is 12.8. The Labute approximate surface area is 148 Å². The van der Waals surface area contributed by atoms with Crippen LogP contribution in [-0.2, 0) is 17.1 Å². The summed E-state index contributed by atoms with van der Waals surface area (Å²) in [6, 6.07) is 15.2. The molecule has 0 amide bonds. The molecule has 4 heteroatoms. The monoisotopic (exact) mass is 509 g/mol. The molecular weight excluding hydrogens is 492 g/mol. The topological polar surface area (TPSA) is 3.24 Å². The molecule has 0 aliphatic rings. The molecule has 1 atom stereocenters. The standard InChI is InChI=1S/C9H13IN.C5H4I.Fe/c1-7(11(2)3)8-5-4-6-9(8)10;6-5-3-1-2-4-5;/h4-7H,1-3H3;1-4H;/q-1;-5;/t7-;;/m1../s1. The van der Waals surface area contributed by atoms with Gasteiger partial charge in [-0.1, -0.05) is 29.5 Å². The second-order valence-electron chi connectivity index (χ2n) is 4.07. The molecule has 0 bridgehead atoms. The van der Waals surface area contributed by atoms with Gasteiger partial charge in [-0.05, 0) is 20.1 Å². The van der Waals surface area contributed by atoms with Crippen molar-refractivity contribution in [2.24, 2.45) is 0 Å². The van der Waals surface area contributed by atoms with Gasteiger partial charge in [0.25, 0.3) is 0 Å². The largest absolute Gasteiger partial charge is 0.747 e. The van der Waals surface area contributed by atoms with Crippen molar-refractivity contribution in [2.45, 2.75) is 13.0 Å². The Hall–Kier alpha value is 0.639. The van der Waals surface area contributed by atoms with Crippen molar-refractivity contribution in [2.75, 3.05) is 14.1 Å². The Balaban J connectivity index is 0.000000352. The molecule has 0 N–H and O–H groups in total. The third-order valence-electron chi connectivity index (χ3n) is 2.64. The average molecular weight is 509 g/mol. The van der Waals surface area contributed by atoms with Crippen LogP contribution in [0.15, 0.2) is 42.5 Å². The molecule has 18 heavy (non-hydrogen) atoms. The Morgan fingerprint density at radius 3 is 2.11 bits per heavy atom. The molecule has 0 spiro atoms. The van der Waals surface area contributed by atoms with Crippen LogP contribution in [0.3, 0.4) is 0 Å². The maximum atomic E-state index is 2.38. The third-order valence-corrected chi connectivity index (χ3v) is 4.34. The van der Waals surface area contributed by atoms with Crippen molar-refractivity contribution >= 4 is 45.2 Å². The molecule has 0 heterocycles. The summed E-state index contributed by atoms with van der Waals surface area (Å²) >= 11 is 4.65. The molecule has 0 saturated heterocycles. The minimum atomic E-state index is 0. The van der Waals surface area contributed by atoms with Crippen LogP contribution in [0.4, 0.5) is 0 Å². The summed E-state index contributed by atoms with van der Waals surface area (Å²) < 4.78 is 2.68. The average Bonchev–Trinajstić information content (AvgIpc) is 2.89. The third kappa shape index (κ3) is 6.19. The quantitative estimate of drug-likeness (QED) is 0.324. The summed E-state index contributed by atoms with van der Waals surface area (Å²) in [6.45, 7) is 2.22. The predicted molar refractivity (Wildman–Crippen MR) is 91.6 cm³/mol. The molecule has 2 aromatic rings. The van der Waals surface area contributed by atoms with E-state index in [1.165, 1.54) is 12.7 Å². The van der Waals surface area contributed by atoms with E-state index < -0.39 is 0 Å². The fourth-order valence-corrected chi connectivity index (χ4v) is 2.63. The Kier molecular flexibility index (Phi) is 9.87. The van der Waals surface area contributed by atoms with Crippen LogP contribution in [0.25, 0.3) is 0 Å². The molecule has 106 valence electrons. The Bertz CT molecular complexity index is 421. The van der Waals surface area contributed by atoms with Crippen molar-refractivity contribution < 1.29 is 17.1 Å². The van der Waals surface area contributed by atoms with Crippen molar-refractivity contribution in [3.05, 3.63) is 55.2 Å². The minimum absolute atomic E-state index is 0. The molecular formula is C14H17FeI2N-6. The molecule has 0 aliphatic carbocycles. The van der Waals surface area contributed by atoms with Crippen LogP contribution in [0, 0.1) is 7.14 Å². The second kappa shape index (κ2) is 9.53. The fourth-order valence-electron chi connectivity index (χ4n) is 1.38. The summed E-state index contributed by atoms with van der Waals surface area (Å²) in [5.74, 6) is 0. The molecule has 0 fully saturated rings. The van der Waals surface area contributed by atoms with E-state index in [0.717, 1.165) is 0 Å². The predicted octanol–water partition coefficient (Wildman–Crippen LogP) is 4.64. The van der Waals surface area contributed by atoms with Crippen LogP contribution < -0.4 is 0 Å². The number of rotatable bonds is 2. The number of hydrogen-bond donors (Lipinski definition) is 0. The van der Waals surface area contributed by atoms with Crippen LogP contribution in [-0.4, -0.2) is 19.0 Å². The summed E-state index contributed by atoms with van der Waals surface area (Å²) in [5, 5.41) is 0. The molecule has 0 aromatic heterocycles. The van der Waals surface area contributed by atoms with Crippen LogP contribution in [0.5, 0.6) is 0 Å². The summed E-state index contributed by atoms with van der Waals surface area (Å²) in [6.07, 6.45) is 0. The normalized spacial score (nSPS) is 11.4. The summed E-state index contributed by atoms with van der Waals surface area (Å²) in [5.41, 5.74) is 1.43. The van der Waals surface area contributed by atoms with Gasteiger partial charge in [0, 0.05) is 17.1 Å². The Morgan fingerprint density at radius 1 is 1.28 bits per heavy atom. The number of nitrogens with zero attached hydrogens (tertiary/aromatic N) is 1. The van der Waals surface area contributed by atoms with E-state index in [4.69, 9.17) is 0 Å². The second-order valence-corrected chi connectivity index (χ2v) is 6.48. The van der Waals surface area contributed by atoms with Crippen molar-refractivity contribution in [3.63, 3.8) is 0 Å². The van der Waals surface area contributed by atoms with E-state index in [9.17, 15) is 0 Å². The maximum absolute atomic E-state index is 2.38. The van der Waals surface area contributed by atoms with Crippen LogP contribution in [0.2, 0.25) is 0 Å². The first kappa shape index (κ1) is 18.6. The molecule has 0 saturated carbocycles. The molecule has 2 rings (SSSR count). The molecule has 0 unspecified atom stereocenters. The van der Waals surface area contributed by atoms with Gasteiger partial charge < -0.3 is 55.3 Å². The molecule has 2 aromatic carbocycles. The Morgan fingerprint density at radius 2 is 1.83 bits per heavy atom. The van der Waals surface area contributed by atoms with E-state index in [-0.39, 0.29) is 17.1 Å². The van der Waals surface area contributed by atoms with Gasteiger partial charge in [0.2, 0.25) is 0 Å². The first-order valence-electron chi connectivity index (χ1n) is 5.47. The molecule has 0 radical (unpaired) electrons. The van der Waals surface area contributed by atoms with Crippen molar-refractivity contribution in [1.29, 1.82) is 0 Å². The van der Waals surface area contributed by atoms with Gasteiger partial charge in [0.1, 0.15) is 0 Å². The first-order chi connectivity index (χ1) is 8.02. The molecule has 1 nitrogen and oxygen atoms in total. The number of hydrogen-bond acceptors (Lipinski definition) is 1. The summed E-state index contributed by atoms with van der Waals surface area (Å²) in [4.78, 5) is 2.22. The van der Waals surface area contributed by atoms with Gasteiger partial charge in [-0.3, -0.25) is 0 Å². The van der Waals surface area contributed by atoms with Gasteiger partial charge in [0.15, 0.2) is 0 Å². The van der Waals surface area contributed by atoms with Crippen molar-refractivity contribution in [1.82, 2.24) is 4.90 Å². The van der Waals surface area contributed by atoms with Crippen molar-refractivity contribution in [3.8, 4) is 0 Å². The molecule has 0 aliphatic heterocycles. The maximum Gasteiger partial charge on any atom is 0 e. The van der Waals surface area contributed by atoms with Gasteiger partial charge in [0.05, 0.1) is 0 Å². The summed E-state index contributed by atoms with van der Waals surface area (Å²) in [7, 11) is 4.21. The van der Waals surface area contributed by atoms with Gasteiger partial charge in [-0.2, -0.15) is 6.07 Å². The van der Waals surface area contributed by atoms with E-state index in [1.807, 2.05) is 12.1 Å². The van der Waals surface area contributed by atoms with E-state index in [0.29, 0.717) is 6.04 Å².